The number of nitrogens with one attached hydrogen (secondary N) is 1. The highest BCUT2D eigenvalue weighted by atomic mass is 35.5. The molecule has 1 N–H and O–H groups in total. The fourth-order valence-corrected chi connectivity index (χ4v) is 5.50. The van der Waals surface area contributed by atoms with Crippen LogP contribution in [0.3, 0.4) is 0 Å². The number of thioether (sulfide) groups is 1. The number of rotatable bonds is 13. The van der Waals surface area contributed by atoms with Crippen molar-refractivity contribution in [3.05, 3.63) is 105 Å². The van der Waals surface area contributed by atoms with E-state index in [9.17, 15) is 9.59 Å². The minimum Gasteiger partial charge on any atom is -0.354 e. The summed E-state index contributed by atoms with van der Waals surface area (Å²) in [7, 11) is 0. The third-order valence-corrected chi connectivity index (χ3v) is 7.82. The van der Waals surface area contributed by atoms with Crippen molar-refractivity contribution in [3.63, 3.8) is 0 Å². The van der Waals surface area contributed by atoms with Gasteiger partial charge in [-0.05, 0) is 41.3 Å². The Morgan fingerprint density at radius 3 is 2.35 bits per heavy atom. The van der Waals surface area contributed by atoms with E-state index in [1.54, 1.807) is 23.1 Å². The molecule has 3 aromatic rings. The number of carbonyl (C=O) groups excluding carboxylic acids is 2. The topological polar surface area (TPSA) is 49.4 Å². The Bertz CT molecular complexity index is 1180. The van der Waals surface area contributed by atoms with Crippen molar-refractivity contribution in [3.8, 4) is 0 Å². The zero-order valence-corrected chi connectivity index (χ0v) is 23.8. The van der Waals surface area contributed by atoms with Gasteiger partial charge in [0.2, 0.25) is 11.8 Å². The second-order valence-electron chi connectivity index (χ2n) is 8.69. The Balaban J connectivity index is 1.84. The van der Waals surface area contributed by atoms with Crippen LogP contribution in [0.1, 0.15) is 36.5 Å². The van der Waals surface area contributed by atoms with E-state index in [0.717, 1.165) is 29.5 Å². The van der Waals surface area contributed by atoms with Crippen LogP contribution in [0, 0.1) is 0 Å². The van der Waals surface area contributed by atoms with Crippen molar-refractivity contribution < 1.29 is 9.59 Å². The summed E-state index contributed by atoms with van der Waals surface area (Å²) >= 11 is 20.2. The largest absolute Gasteiger partial charge is 0.354 e. The highest BCUT2D eigenvalue weighted by Crippen LogP contribution is 2.26. The number of hydrogen-bond acceptors (Lipinski definition) is 3. The van der Waals surface area contributed by atoms with Crippen molar-refractivity contribution in [1.82, 2.24) is 10.2 Å². The molecular weight excluding hydrogens is 547 g/mol. The summed E-state index contributed by atoms with van der Waals surface area (Å²) in [5.41, 5.74) is 2.68. The zero-order valence-electron chi connectivity index (χ0n) is 20.8. The molecule has 37 heavy (non-hydrogen) atoms. The first-order valence-corrected chi connectivity index (χ1v) is 14.5. The van der Waals surface area contributed by atoms with Crippen LogP contribution in [0.5, 0.6) is 0 Å². The van der Waals surface area contributed by atoms with Gasteiger partial charge in [0.15, 0.2) is 0 Å². The number of benzene rings is 3. The molecule has 2 amide bonds. The molecule has 0 saturated carbocycles. The van der Waals surface area contributed by atoms with E-state index in [2.05, 4.69) is 12.2 Å². The first-order chi connectivity index (χ1) is 17.9. The third kappa shape index (κ3) is 9.26. The monoisotopic (exact) mass is 576 g/mol. The molecule has 0 radical (unpaired) electrons. The molecule has 0 heterocycles. The van der Waals surface area contributed by atoms with Gasteiger partial charge in [-0.25, -0.2) is 0 Å². The molecule has 0 saturated heterocycles. The highest BCUT2D eigenvalue weighted by molar-refractivity contribution is 7.99. The first kappa shape index (κ1) is 29.4. The second-order valence-corrected chi connectivity index (χ2v) is 10.9. The van der Waals surface area contributed by atoms with Gasteiger partial charge < -0.3 is 10.2 Å². The van der Waals surface area contributed by atoms with Crippen LogP contribution in [0.4, 0.5) is 0 Å². The standard InChI is InChI=1S/C29H31Cl3N2O2S/c1-2-3-15-33-29(36)27(16-21-9-5-4-6-10-21)34(18-22-11-7-8-12-25(22)31)28(35)20-37-19-23-13-14-24(30)17-26(23)32/h4-14,17,27H,2-3,15-16,18-20H2,1H3,(H,33,36)/t27-/m1/s1. The van der Waals surface area contributed by atoms with E-state index in [1.807, 2.05) is 54.6 Å². The molecule has 0 fully saturated rings. The number of carbonyl (C=O) groups is 2. The summed E-state index contributed by atoms with van der Waals surface area (Å²) in [6.07, 6.45) is 2.25. The number of amides is 2. The average Bonchev–Trinajstić information content (AvgIpc) is 2.89. The number of halogens is 3. The van der Waals surface area contributed by atoms with Crippen molar-refractivity contribution in [2.24, 2.45) is 0 Å². The molecule has 0 aliphatic rings. The lowest BCUT2D eigenvalue weighted by molar-refractivity contribution is -0.139. The molecule has 3 rings (SSSR count). The Hall–Kier alpha value is -2.18. The molecule has 4 nitrogen and oxygen atoms in total. The summed E-state index contributed by atoms with van der Waals surface area (Å²) in [6.45, 7) is 2.88. The van der Waals surface area contributed by atoms with Gasteiger partial charge in [-0.3, -0.25) is 9.59 Å². The summed E-state index contributed by atoms with van der Waals surface area (Å²) in [5, 5.41) is 4.73. The van der Waals surface area contributed by atoms with E-state index in [4.69, 9.17) is 34.8 Å². The average molecular weight is 578 g/mol. The maximum atomic E-state index is 13.7. The maximum absolute atomic E-state index is 13.7. The Morgan fingerprint density at radius 2 is 1.65 bits per heavy atom. The molecule has 3 aromatic carbocycles. The van der Waals surface area contributed by atoms with Crippen LogP contribution < -0.4 is 5.32 Å². The summed E-state index contributed by atoms with van der Waals surface area (Å²) in [5.74, 6) is 0.440. The fraction of sp³-hybridized carbons (Fsp3) is 0.310. The van der Waals surface area contributed by atoms with Gasteiger partial charge in [-0.2, -0.15) is 0 Å². The molecule has 8 heteroatoms. The lowest BCUT2D eigenvalue weighted by Gasteiger charge is -2.32. The van der Waals surface area contributed by atoms with Gasteiger partial charge in [0.25, 0.3) is 0 Å². The van der Waals surface area contributed by atoms with Crippen LogP contribution >= 0.6 is 46.6 Å². The predicted octanol–water partition coefficient (Wildman–Crippen LogP) is 7.44. The smallest absolute Gasteiger partial charge is 0.243 e. The molecule has 1 atom stereocenters. The van der Waals surface area contributed by atoms with E-state index < -0.39 is 6.04 Å². The molecular formula is C29H31Cl3N2O2S. The van der Waals surface area contributed by atoms with Gasteiger partial charge in [-0.1, -0.05) is 103 Å². The van der Waals surface area contributed by atoms with Gasteiger partial charge in [0.1, 0.15) is 6.04 Å². The molecule has 0 aromatic heterocycles. The minimum absolute atomic E-state index is 0.137. The Morgan fingerprint density at radius 1 is 0.919 bits per heavy atom. The first-order valence-electron chi connectivity index (χ1n) is 12.2. The van der Waals surface area contributed by atoms with Crippen LogP contribution in [0.25, 0.3) is 0 Å². The molecule has 196 valence electrons. The van der Waals surface area contributed by atoms with Crippen LogP contribution in [-0.2, 0) is 28.3 Å². The minimum atomic E-state index is -0.678. The highest BCUT2D eigenvalue weighted by Gasteiger charge is 2.30. The molecule has 0 aliphatic heterocycles. The van der Waals surface area contributed by atoms with Crippen molar-refractivity contribution in [1.29, 1.82) is 0 Å². The van der Waals surface area contributed by atoms with E-state index in [-0.39, 0.29) is 24.1 Å². The van der Waals surface area contributed by atoms with E-state index in [0.29, 0.717) is 33.8 Å². The summed E-state index contributed by atoms with van der Waals surface area (Å²) < 4.78 is 0. The molecule has 0 bridgehead atoms. The zero-order chi connectivity index (χ0) is 26.6. The predicted molar refractivity (Wildman–Crippen MR) is 156 cm³/mol. The second kappa shape index (κ2) is 15.3. The fourth-order valence-electron chi connectivity index (χ4n) is 3.84. The third-order valence-electron chi connectivity index (χ3n) is 5.90. The Labute approximate surface area is 238 Å². The van der Waals surface area contributed by atoms with E-state index >= 15 is 0 Å². The van der Waals surface area contributed by atoms with Crippen LogP contribution in [0.15, 0.2) is 72.8 Å². The SMILES string of the molecule is CCCCNC(=O)[C@@H](Cc1ccccc1)N(Cc1ccccc1Cl)C(=O)CSCc1ccc(Cl)cc1Cl. The summed E-state index contributed by atoms with van der Waals surface area (Å²) in [6, 6.07) is 21.8. The maximum Gasteiger partial charge on any atom is 0.243 e. The Kier molecular flexibility index (Phi) is 12.1. The van der Waals surface area contributed by atoms with Crippen molar-refractivity contribution in [2.75, 3.05) is 12.3 Å². The molecule has 0 aliphatic carbocycles. The van der Waals surface area contributed by atoms with Gasteiger partial charge in [0, 0.05) is 40.3 Å². The van der Waals surface area contributed by atoms with Crippen LogP contribution in [-0.4, -0.2) is 35.1 Å². The van der Waals surface area contributed by atoms with Gasteiger partial charge in [-0.15, -0.1) is 11.8 Å². The number of hydrogen-bond donors (Lipinski definition) is 1. The van der Waals surface area contributed by atoms with Crippen molar-refractivity contribution >= 4 is 58.4 Å². The number of unbranched alkanes of at least 4 members (excludes halogenated alkanes) is 1. The van der Waals surface area contributed by atoms with Gasteiger partial charge >= 0.3 is 0 Å². The van der Waals surface area contributed by atoms with Gasteiger partial charge in [0.05, 0.1) is 5.75 Å². The summed E-state index contributed by atoms with van der Waals surface area (Å²) in [4.78, 5) is 28.8. The van der Waals surface area contributed by atoms with E-state index in [1.165, 1.54) is 11.8 Å². The lowest BCUT2D eigenvalue weighted by Crippen LogP contribution is -2.51. The molecule has 0 spiro atoms. The van der Waals surface area contributed by atoms with Crippen molar-refractivity contribution in [2.45, 2.75) is 44.5 Å². The normalized spacial score (nSPS) is 11.7. The molecule has 0 unspecified atom stereocenters. The quantitative estimate of drug-likeness (QED) is 0.215. The number of nitrogens with zero attached hydrogens (tertiary/aromatic N) is 1. The van der Waals surface area contributed by atoms with Crippen LogP contribution in [0.2, 0.25) is 15.1 Å². The lowest BCUT2D eigenvalue weighted by atomic mass is 10.0.